The molecule has 4 rings (SSSR count). The molecule has 1 atom stereocenters. The Balaban J connectivity index is 1.78. The summed E-state index contributed by atoms with van der Waals surface area (Å²) in [5, 5.41) is 11.1. The molecule has 2 aromatic rings. The van der Waals surface area contributed by atoms with Gasteiger partial charge in [-0.15, -0.1) is 0 Å². The molecule has 1 fully saturated rings. The van der Waals surface area contributed by atoms with E-state index < -0.39 is 17.7 Å². The molecule has 2 aliphatic rings. The summed E-state index contributed by atoms with van der Waals surface area (Å²) in [6.07, 6.45) is 0.715. The Morgan fingerprint density at radius 1 is 1.10 bits per heavy atom. The van der Waals surface area contributed by atoms with E-state index in [1.165, 1.54) is 0 Å². The van der Waals surface area contributed by atoms with E-state index in [9.17, 15) is 14.7 Å². The second-order valence-corrected chi connectivity index (χ2v) is 8.13. The van der Waals surface area contributed by atoms with Gasteiger partial charge in [0.25, 0.3) is 11.7 Å². The average Bonchev–Trinajstić information content (AvgIpc) is 3.31. The van der Waals surface area contributed by atoms with Gasteiger partial charge in [-0.1, -0.05) is 29.8 Å². The first-order chi connectivity index (χ1) is 14.9. The van der Waals surface area contributed by atoms with Gasteiger partial charge in [-0.2, -0.15) is 0 Å². The fourth-order valence-electron chi connectivity index (χ4n) is 3.96. The van der Waals surface area contributed by atoms with Crippen LogP contribution in [0.2, 0.25) is 0 Å². The number of carbonyl (C=O) groups is 2. The zero-order chi connectivity index (χ0) is 22.1. The zero-order valence-corrected chi connectivity index (χ0v) is 17.9. The quantitative estimate of drug-likeness (QED) is 0.438. The van der Waals surface area contributed by atoms with E-state index in [-0.39, 0.29) is 18.1 Å². The molecule has 2 aromatic carbocycles. The van der Waals surface area contributed by atoms with Crippen LogP contribution in [0.5, 0.6) is 11.5 Å². The predicted molar refractivity (Wildman–Crippen MR) is 116 cm³/mol. The van der Waals surface area contributed by atoms with Crippen molar-refractivity contribution in [3.63, 3.8) is 0 Å². The molecule has 1 N–H and O–H groups in total. The van der Waals surface area contributed by atoms with E-state index in [2.05, 4.69) is 0 Å². The van der Waals surface area contributed by atoms with Crippen molar-refractivity contribution in [2.75, 3.05) is 34.0 Å². The predicted octanol–water partition coefficient (Wildman–Crippen LogP) is 3.10. The summed E-state index contributed by atoms with van der Waals surface area (Å²) in [7, 11) is 3.93. The zero-order valence-electron chi connectivity index (χ0n) is 17.9. The Bertz CT molecular complexity index is 1040. The second-order valence-electron chi connectivity index (χ2n) is 8.13. The van der Waals surface area contributed by atoms with E-state index in [1.807, 2.05) is 50.2 Å². The van der Waals surface area contributed by atoms with E-state index in [4.69, 9.17) is 9.47 Å². The van der Waals surface area contributed by atoms with E-state index in [1.54, 1.807) is 23.1 Å². The van der Waals surface area contributed by atoms with Crippen LogP contribution < -0.4 is 9.47 Å². The second kappa shape index (κ2) is 8.43. The van der Waals surface area contributed by atoms with Gasteiger partial charge in [-0.3, -0.25) is 9.59 Å². The number of benzene rings is 2. The van der Waals surface area contributed by atoms with Crippen molar-refractivity contribution in [1.82, 2.24) is 9.80 Å². The third-order valence-electron chi connectivity index (χ3n) is 5.58. The maximum Gasteiger partial charge on any atom is 0.295 e. The summed E-state index contributed by atoms with van der Waals surface area (Å²) in [5.74, 6) is -0.401. The number of aliphatic hydroxyl groups is 1. The van der Waals surface area contributed by atoms with Crippen LogP contribution in [-0.4, -0.2) is 60.6 Å². The summed E-state index contributed by atoms with van der Waals surface area (Å²) >= 11 is 0. The lowest BCUT2D eigenvalue weighted by Crippen LogP contribution is -2.32. The number of rotatable bonds is 6. The Morgan fingerprint density at radius 2 is 1.81 bits per heavy atom. The first-order valence-corrected chi connectivity index (χ1v) is 10.3. The minimum absolute atomic E-state index is 0.0950. The van der Waals surface area contributed by atoms with E-state index >= 15 is 0 Å². The highest BCUT2D eigenvalue weighted by atomic mass is 16.7. The molecule has 2 aliphatic heterocycles. The lowest BCUT2D eigenvalue weighted by atomic mass is 9.94. The standard InChI is InChI=1S/C24H26N2O5/c1-15-5-7-16(8-6-15)21-20(23(28)24(29)26(21)12-4-11-25(2)3)22(27)17-9-10-18-19(13-17)31-14-30-18/h5-10,13,21,27H,4,11-12,14H2,1-3H3. The highest BCUT2D eigenvalue weighted by Crippen LogP contribution is 2.41. The van der Waals surface area contributed by atoms with E-state index in [0.717, 1.165) is 17.7 Å². The third kappa shape index (κ3) is 4.01. The molecule has 0 aromatic heterocycles. The van der Waals surface area contributed by atoms with Gasteiger partial charge < -0.3 is 24.4 Å². The highest BCUT2D eigenvalue weighted by Gasteiger charge is 2.45. The maximum absolute atomic E-state index is 13.0. The smallest absolute Gasteiger partial charge is 0.295 e. The fourth-order valence-corrected chi connectivity index (χ4v) is 3.96. The largest absolute Gasteiger partial charge is 0.507 e. The number of aliphatic hydroxyl groups excluding tert-OH is 1. The van der Waals surface area contributed by atoms with Crippen LogP contribution in [0.3, 0.4) is 0 Å². The molecule has 0 bridgehead atoms. The molecule has 0 saturated carbocycles. The summed E-state index contributed by atoms with van der Waals surface area (Å²) in [5.41, 5.74) is 2.37. The van der Waals surface area contributed by atoms with Crippen LogP contribution in [0.4, 0.5) is 0 Å². The molecular weight excluding hydrogens is 396 g/mol. The van der Waals surface area contributed by atoms with Crippen molar-refractivity contribution in [2.45, 2.75) is 19.4 Å². The Kier molecular flexibility index (Phi) is 5.69. The average molecular weight is 422 g/mol. The first-order valence-electron chi connectivity index (χ1n) is 10.3. The van der Waals surface area contributed by atoms with Gasteiger partial charge in [-0.25, -0.2) is 0 Å². The number of ether oxygens (including phenoxy) is 2. The molecule has 0 radical (unpaired) electrons. The number of likely N-dealkylation sites (tertiary alicyclic amines) is 1. The number of Topliss-reactive ketones (excluding diaryl/α,β-unsaturated/α-hetero) is 1. The monoisotopic (exact) mass is 422 g/mol. The van der Waals surface area contributed by atoms with Crippen molar-refractivity contribution in [3.05, 3.63) is 64.7 Å². The first kappa shape index (κ1) is 20.9. The molecule has 1 unspecified atom stereocenters. The van der Waals surface area contributed by atoms with Gasteiger partial charge in [0.05, 0.1) is 11.6 Å². The molecule has 1 saturated heterocycles. The molecule has 0 spiro atoms. The number of carbonyl (C=O) groups excluding carboxylic acids is 2. The minimum atomic E-state index is -0.675. The number of amides is 1. The van der Waals surface area contributed by atoms with Crippen LogP contribution in [0.25, 0.3) is 5.76 Å². The van der Waals surface area contributed by atoms with Crippen LogP contribution in [-0.2, 0) is 9.59 Å². The Morgan fingerprint density at radius 3 is 2.52 bits per heavy atom. The van der Waals surface area contributed by atoms with Crippen LogP contribution in [0.1, 0.15) is 29.2 Å². The van der Waals surface area contributed by atoms with Crippen LogP contribution in [0, 0.1) is 6.92 Å². The van der Waals surface area contributed by atoms with E-state index in [0.29, 0.717) is 30.0 Å². The fraction of sp³-hybridized carbons (Fsp3) is 0.333. The van der Waals surface area contributed by atoms with Gasteiger partial charge in [-0.05, 0) is 57.7 Å². The number of ketones is 1. The van der Waals surface area contributed by atoms with Gasteiger partial charge in [0.1, 0.15) is 5.76 Å². The number of nitrogens with zero attached hydrogens (tertiary/aromatic N) is 2. The summed E-state index contributed by atoms with van der Waals surface area (Å²) in [4.78, 5) is 29.6. The highest BCUT2D eigenvalue weighted by molar-refractivity contribution is 6.46. The Hall–Kier alpha value is -3.32. The molecule has 31 heavy (non-hydrogen) atoms. The van der Waals surface area contributed by atoms with Crippen LogP contribution in [0.15, 0.2) is 48.0 Å². The number of hydrogen-bond acceptors (Lipinski definition) is 6. The molecule has 0 aliphatic carbocycles. The van der Waals surface area contributed by atoms with Gasteiger partial charge in [0.2, 0.25) is 6.79 Å². The van der Waals surface area contributed by atoms with Crippen molar-refractivity contribution in [3.8, 4) is 11.5 Å². The molecule has 1 amide bonds. The molecule has 2 heterocycles. The topological polar surface area (TPSA) is 79.3 Å². The van der Waals surface area contributed by atoms with Crippen molar-refractivity contribution >= 4 is 17.4 Å². The lowest BCUT2D eigenvalue weighted by Gasteiger charge is -2.26. The summed E-state index contributed by atoms with van der Waals surface area (Å²) in [6.45, 7) is 3.29. The van der Waals surface area contributed by atoms with Crippen molar-refractivity contribution in [2.24, 2.45) is 0 Å². The maximum atomic E-state index is 13.0. The van der Waals surface area contributed by atoms with Crippen LogP contribution >= 0.6 is 0 Å². The SMILES string of the molecule is Cc1ccc(C2C(=C(O)c3ccc4c(c3)OCO4)C(=O)C(=O)N2CCCN(C)C)cc1. The third-order valence-corrected chi connectivity index (χ3v) is 5.58. The van der Waals surface area contributed by atoms with Crippen molar-refractivity contribution < 1.29 is 24.2 Å². The number of hydrogen-bond donors (Lipinski definition) is 1. The summed E-state index contributed by atoms with van der Waals surface area (Å²) in [6, 6.07) is 12.0. The lowest BCUT2D eigenvalue weighted by molar-refractivity contribution is -0.139. The van der Waals surface area contributed by atoms with Gasteiger partial charge in [0, 0.05) is 12.1 Å². The molecule has 7 nitrogen and oxygen atoms in total. The minimum Gasteiger partial charge on any atom is -0.507 e. The van der Waals surface area contributed by atoms with Gasteiger partial charge >= 0.3 is 0 Å². The Labute approximate surface area is 181 Å². The van der Waals surface area contributed by atoms with Gasteiger partial charge in [0.15, 0.2) is 11.5 Å². The number of fused-ring (bicyclic) bond motifs is 1. The molecular formula is C24H26N2O5. The van der Waals surface area contributed by atoms with Crippen molar-refractivity contribution in [1.29, 1.82) is 0 Å². The molecule has 162 valence electrons. The molecule has 7 heteroatoms. The number of aryl methyl sites for hydroxylation is 1. The summed E-state index contributed by atoms with van der Waals surface area (Å²) < 4.78 is 10.7. The normalized spacial score (nSPS) is 19.5.